The molecule has 1 aromatic heterocycles. The highest BCUT2D eigenvalue weighted by Crippen LogP contribution is 2.26. The molecule has 0 aliphatic carbocycles. The quantitative estimate of drug-likeness (QED) is 0.557. The van der Waals surface area contributed by atoms with Crippen LogP contribution >= 0.6 is 45.8 Å². The monoisotopic (exact) mass is 368 g/mol. The van der Waals surface area contributed by atoms with Gasteiger partial charge >= 0.3 is 0 Å². The number of rotatable bonds is 1. The van der Waals surface area contributed by atoms with Crippen molar-refractivity contribution in [2.75, 3.05) is 0 Å². The maximum absolute atomic E-state index is 13.0. The fraction of sp³-hybridized carbons (Fsp3) is 0. The van der Waals surface area contributed by atoms with Gasteiger partial charge in [-0.2, -0.15) is 0 Å². The summed E-state index contributed by atoms with van der Waals surface area (Å²) in [5.41, 5.74) is 0.542. The molecule has 0 aliphatic heterocycles. The highest BCUT2D eigenvalue weighted by atomic mass is 127. The van der Waals surface area contributed by atoms with Crippen molar-refractivity contribution in [3.63, 3.8) is 0 Å². The summed E-state index contributed by atoms with van der Waals surface area (Å²) in [6, 6.07) is 5.94. The average molecular weight is 369 g/mol. The van der Waals surface area contributed by atoms with E-state index in [1.54, 1.807) is 12.1 Å². The molecule has 0 aliphatic rings. The lowest BCUT2D eigenvalue weighted by Crippen LogP contribution is -1.94. The minimum absolute atomic E-state index is 0.264. The smallest absolute Gasteiger partial charge is 0.162 e. The summed E-state index contributed by atoms with van der Waals surface area (Å²) in [6.07, 6.45) is 0. The van der Waals surface area contributed by atoms with Crippen molar-refractivity contribution in [2.24, 2.45) is 0 Å². The Kier molecular flexibility index (Phi) is 3.61. The first-order valence-electron chi connectivity index (χ1n) is 4.22. The molecule has 2 aromatic rings. The second-order valence-electron chi connectivity index (χ2n) is 2.95. The van der Waals surface area contributed by atoms with Crippen LogP contribution in [-0.4, -0.2) is 9.97 Å². The largest absolute Gasteiger partial charge is 0.215 e. The number of hydrogen-bond acceptors (Lipinski definition) is 2. The van der Waals surface area contributed by atoms with Crippen LogP contribution in [0.1, 0.15) is 0 Å². The molecule has 82 valence electrons. The Morgan fingerprint density at radius 1 is 1.12 bits per heavy atom. The van der Waals surface area contributed by atoms with Gasteiger partial charge in [0.15, 0.2) is 5.82 Å². The maximum atomic E-state index is 13.0. The average Bonchev–Trinajstić information content (AvgIpc) is 2.25. The van der Waals surface area contributed by atoms with E-state index in [0.717, 1.165) is 0 Å². The predicted molar refractivity (Wildman–Crippen MR) is 70.2 cm³/mol. The first kappa shape index (κ1) is 12.0. The second-order valence-corrected chi connectivity index (χ2v) is 4.75. The zero-order valence-electron chi connectivity index (χ0n) is 7.72. The van der Waals surface area contributed by atoms with E-state index in [9.17, 15) is 4.39 Å². The van der Waals surface area contributed by atoms with Crippen molar-refractivity contribution in [1.82, 2.24) is 9.97 Å². The molecule has 0 unspecified atom stereocenters. The fourth-order valence-corrected chi connectivity index (χ4v) is 1.78. The molecule has 6 heteroatoms. The van der Waals surface area contributed by atoms with Gasteiger partial charge in [-0.05, 0) is 34.7 Å². The molecule has 0 radical (unpaired) electrons. The minimum Gasteiger partial charge on any atom is -0.215 e. The zero-order valence-corrected chi connectivity index (χ0v) is 11.4. The summed E-state index contributed by atoms with van der Waals surface area (Å²) in [6.45, 7) is 0. The lowest BCUT2D eigenvalue weighted by atomic mass is 10.2. The van der Waals surface area contributed by atoms with Crippen molar-refractivity contribution in [2.45, 2.75) is 0 Å². The van der Waals surface area contributed by atoms with E-state index < -0.39 is 0 Å². The zero-order chi connectivity index (χ0) is 11.7. The summed E-state index contributed by atoms with van der Waals surface area (Å²) in [5, 5.41) is 0.528. The van der Waals surface area contributed by atoms with Gasteiger partial charge in [0.2, 0.25) is 0 Å². The lowest BCUT2D eigenvalue weighted by molar-refractivity contribution is 0.628. The Labute approximate surface area is 115 Å². The topological polar surface area (TPSA) is 25.8 Å². The Bertz CT molecular complexity index is 525. The molecule has 1 heterocycles. The first-order valence-corrected chi connectivity index (χ1v) is 6.06. The minimum atomic E-state index is -0.355. The summed E-state index contributed by atoms with van der Waals surface area (Å²) in [5.74, 6) is -0.0400. The van der Waals surface area contributed by atoms with Crippen molar-refractivity contribution >= 4 is 45.8 Å². The predicted octanol–water partition coefficient (Wildman–Crippen LogP) is 4.19. The molecule has 2 nitrogen and oxygen atoms in total. The van der Waals surface area contributed by atoms with Crippen LogP contribution in [0.15, 0.2) is 24.3 Å². The van der Waals surface area contributed by atoms with E-state index in [0.29, 0.717) is 15.0 Å². The van der Waals surface area contributed by atoms with E-state index in [2.05, 4.69) is 9.97 Å². The molecule has 0 saturated carbocycles. The summed E-state index contributed by atoms with van der Waals surface area (Å²) in [7, 11) is 0. The summed E-state index contributed by atoms with van der Waals surface area (Å²) >= 11 is 13.7. The van der Waals surface area contributed by atoms with E-state index in [-0.39, 0.29) is 16.1 Å². The second kappa shape index (κ2) is 4.81. The van der Waals surface area contributed by atoms with Crippen LogP contribution in [0.2, 0.25) is 10.3 Å². The maximum Gasteiger partial charge on any atom is 0.162 e. The van der Waals surface area contributed by atoms with Gasteiger partial charge in [0.05, 0.1) is 3.57 Å². The fourth-order valence-electron chi connectivity index (χ4n) is 1.15. The Hall–Kier alpha value is -0.460. The number of halogens is 4. The van der Waals surface area contributed by atoms with Crippen molar-refractivity contribution in [3.05, 3.63) is 44.0 Å². The van der Waals surface area contributed by atoms with Gasteiger partial charge in [-0.25, -0.2) is 14.4 Å². The van der Waals surface area contributed by atoms with Gasteiger partial charge in [0.1, 0.15) is 16.1 Å². The third kappa shape index (κ3) is 2.44. The molecular formula is C10H4Cl2FIN2. The van der Waals surface area contributed by atoms with Crippen LogP contribution in [0.5, 0.6) is 0 Å². The molecule has 16 heavy (non-hydrogen) atoms. The molecule has 0 atom stereocenters. The van der Waals surface area contributed by atoms with E-state index in [1.807, 2.05) is 22.6 Å². The number of aromatic nitrogens is 2. The lowest BCUT2D eigenvalue weighted by Gasteiger charge is -2.03. The number of nitrogens with zero attached hydrogens (tertiary/aromatic N) is 2. The van der Waals surface area contributed by atoms with Crippen LogP contribution in [0, 0.1) is 9.39 Å². The van der Waals surface area contributed by atoms with Crippen molar-refractivity contribution in [3.8, 4) is 11.4 Å². The van der Waals surface area contributed by atoms with Gasteiger partial charge in [-0.1, -0.05) is 35.3 Å². The van der Waals surface area contributed by atoms with E-state index >= 15 is 0 Å². The molecule has 0 saturated heterocycles. The summed E-state index contributed by atoms with van der Waals surface area (Å²) in [4.78, 5) is 8.08. The molecule has 0 amide bonds. The highest BCUT2D eigenvalue weighted by molar-refractivity contribution is 14.1. The Morgan fingerprint density at radius 3 is 2.31 bits per heavy atom. The van der Waals surface area contributed by atoms with E-state index in [1.165, 1.54) is 12.1 Å². The normalized spacial score (nSPS) is 10.5. The Balaban J connectivity index is 2.57. The first-order chi connectivity index (χ1) is 7.58. The highest BCUT2D eigenvalue weighted by Gasteiger charge is 2.10. The van der Waals surface area contributed by atoms with Crippen LogP contribution in [-0.2, 0) is 0 Å². The molecule has 2 rings (SSSR count). The molecule has 0 N–H and O–H groups in total. The van der Waals surface area contributed by atoms with Crippen molar-refractivity contribution in [1.29, 1.82) is 0 Å². The van der Waals surface area contributed by atoms with Gasteiger partial charge in [0.25, 0.3) is 0 Å². The van der Waals surface area contributed by atoms with Crippen LogP contribution in [0.25, 0.3) is 11.4 Å². The molecular weight excluding hydrogens is 365 g/mol. The van der Waals surface area contributed by atoms with Crippen molar-refractivity contribution < 1.29 is 4.39 Å². The Morgan fingerprint density at radius 2 is 1.75 bits per heavy atom. The third-order valence-corrected chi connectivity index (χ3v) is 4.06. The van der Waals surface area contributed by atoms with E-state index in [4.69, 9.17) is 23.2 Å². The standard InChI is InChI=1S/C10H4Cl2FIN2/c11-8-7(14)9(12)16-10(15-8)5-2-1-3-6(13)4-5/h1-4H. The number of hydrogen-bond donors (Lipinski definition) is 0. The number of benzene rings is 1. The van der Waals surface area contributed by atoms with Crippen LogP contribution in [0.4, 0.5) is 4.39 Å². The molecule has 0 bridgehead atoms. The van der Waals surface area contributed by atoms with Crippen LogP contribution < -0.4 is 0 Å². The van der Waals surface area contributed by atoms with Gasteiger partial charge in [-0.15, -0.1) is 0 Å². The van der Waals surface area contributed by atoms with Gasteiger partial charge in [0, 0.05) is 5.56 Å². The third-order valence-electron chi connectivity index (χ3n) is 1.85. The molecule has 1 aromatic carbocycles. The van der Waals surface area contributed by atoms with Crippen LogP contribution in [0.3, 0.4) is 0 Å². The van der Waals surface area contributed by atoms with Gasteiger partial charge < -0.3 is 0 Å². The van der Waals surface area contributed by atoms with Gasteiger partial charge in [-0.3, -0.25) is 0 Å². The SMILES string of the molecule is Fc1cccc(-c2nc(Cl)c(I)c(Cl)n2)c1. The summed E-state index contributed by atoms with van der Waals surface area (Å²) < 4.78 is 13.6. The molecule has 0 spiro atoms. The molecule has 0 fully saturated rings.